The van der Waals surface area contributed by atoms with E-state index >= 15 is 0 Å². The van der Waals surface area contributed by atoms with Crippen LogP contribution in [0.5, 0.6) is 5.75 Å². The summed E-state index contributed by atoms with van der Waals surface area (Å²) in [4.78, 5) is 4.47. The number of methoxy groups -OCH3 is 1. The summed E-state index contributed by atoms with van der Waals surface area (Å²) in [7, 11) is 1.63. The zero-order valence-corrected chi connectivity index (χ0v) is 11.1. The molecule has 4 nitrogen and oxygen atoms in total. The van der Waals surface area contributed by atoms with Crippen LogP contribution in [-0.2, 0) is 6.42 Å². The number of ether oxygens (including phenoxy) is 1. The standard InChI is InChI=1S/C14H12ClN3O/c1-19-11-6-7-18-14(9-11)16-13(17-18)8-10-4-2-3-5-12(10)15/h2-7,9H,8H2,1H3. The van der Waals surface area contributed by atoms with E-state index < -0.39 is 0 Å². The molecule has 0 amide bonds. The Balaban J connectivity index is 1.95. The Morgan fingerprint density at radius 2 is 2.11 bits per heavy atom. The van der Waals surface area contributed by atoms with E-state index in [4.69, 9.17) is 16.3 Å². The molecule has 2 heterocycles. The first kappa shape index (κ1) is 12.0. The molecule has 0 fully saturated rings. The zero-order valence-electron chi connectivity index (χ0n) is 10.4. The third kappa shape index (κ3) is 2.39. The number of hydrogen-bond acceptors (Lipinski definition) is 3. The lowest BCUT2D eigenvalue weighted by Gasteiger charge is -1.99. The fraction of sp³-hybridized carbons (Fsp3) is 0.143. The molecule has 96 valence electrons. The Morgan fingerprint density at radius 3 is 2.89 bits per heavy atom. The lowest BCUT2D eigenvalue weighted by atomic mass is 10.1. The maximum Gasteiger partial charge on any atom is 0.159 e. The maximum atomic E-state index is 6.14. The van der Waals surface area contributed by atoms with Gasteiger partial charge in [0.05, 0.1) is 7.11 Å². The summed E-state index contributed by atoms with van der Waals surface area (Å²) in [6, 6.07) is 11.4. The van der Waals surface area contributed by atoms with E-state index in [9.17, 15) is 0 Å². The van der Waals surface area contributed by atoms with E-state index in [2.05, 4.69) is 10.1 Å². The summed E-state index contributed by atoms with van der Waals surface area (Å²) >= 11 is 6.14. The quantitative estimate of drug-likeness (QED) is 0.736. The average molecular weight is 274 g/mol. The minimum atomic E-state index is 0.615. The average Bonchev–Trinajstić information content (AvgIpc) is 2.82. The second-order valence-corrected chi connectivity index (χ2v) is 4.57. The monoisotopic (exact) mass is 273 g/mol. The van der Waals surface area contributed by atoms with Gasteiger partial charge in [-0.1, -0.05) is 29.8 Å². The van der Waals surface area contributed by atoms with E-state index in [0.29, 0.717) is 6.42 Å². The summed E-state index contributed by atoms with van der Waals surface area (Å²) in [5.41, 5.74) is 1.79. The van der Waals surface area contributed by atoms with Crippen LogP contribution < -0.4 is 4.74 Å². The summed E-state index contributed by atoms with van der Waals surface area (Å²) in [6.45, 7) is 0. The maximum absolute atomic E-state index is 6.14. The van der Waals surface area contributed by atoms with Crippen LogP contribution in [0, 0.1) is 0 Å². The minimum Gasteiger partial charge on any atom is -0.497 e. The third-order valence-corrected chi connectivity index (χ3v) is 3.26. The summed E-state index contributed by atoms with van der Waals surface area (Å²) in [5, 5.41) is 5.15. The number of hydrogen-bond donors (Lipinski definition) is 0. The number of halogens is 1. The molecule has 0 aliphatic heterocycles. The second kappa shape index (κ2) is 4.90. The predicted octanol–water partition coefficient (Wildman–Crippen LogP) is 2.98. The highest BCUT2D eigenvalue weighted by Crippen LogP contribution is 2.18. The van der Waals surface area contributed by atoms with Gasteiger partial charge in [-0.25, -0.2) is 9.50 Å². The van der Waals surface area contributed by atoms with E-state index in [1.165, 1.54) is 0 Å². The molecule has 0 atom stereocenters. The molecule has 0 saturated carbocycles. The summed E-state index contributed by atoms with van der Waals surface area (Å²) in [6.07, 6.45) is 2.45. The van der Waals surface area contributed by atoms with Crippen LogP contribution in [0.15, 0.2) is 42.6 Å². The van der Waals surface area contributed by atoms with Crippen molar-refractivity contribution >= 4 is 17.2 Å². The molecule has 0 aliphatic rings. The highest BCUT2D eigenvalue weighted by Gasteiger charge is 2.07. The number of pyridine rings is 1. The first-order chi connectivity index (χ1) is 9.26. The predicted molar refractivity (Wildman–Crippen MR) is 73.8 cm³/mol. The van der Waals surface area contributed by atoms with Gasteiger partial charge in [0.25, 0.3) is 0 Å². The SMILES string of the molecule is COc1ccn2nc(Cc3ccccc3Cl)nc2c1. The Morgan fingerprint density at radius 1 is 1.26 bits per heavy atom. The smallest absolute Gasteiger partial charge is 0.159 e. The van der Waals surface area contributed by atoms with E-state index in [1.807, 2.05) is 42.6 Å². The first-order valence-corrected chi connectivity index (χ1v) is 6.27. The molecule has 2 aromatic heterocycles. The highest BCUT2D eigenvalue weighted by molar-refractivity contribution is 6.31. The fourth-order valence-electron chi connectivity index (χ4n) is 1.92. The first-order valence-electron chi connectivity index (χ1n) is 5.89. The molecule has 0 bridgehead atoms. The van der Waals surface area contributed by atoms with Crippen molar-refractivity contribution in [2.24, 2.45) is 0 Å². The molecule has 0 unspecified atom stereocenters. The normalized spacial score (nSPS) is 10.8. The van der Waals surface area contributed by atoms with Crippen molar-refractivity contribution < 1.29 is 4.74 Å². The molecular formula is C14H12ClN3O. The number of aromatic nitrogens is 3. The molecule has 0 aliphatic carbocycles. The van der Waals surface area contributed by atoms with Crippen molar-refractivity contribution in [2.75, 3.05) is 7.11 Å². The van der Waals surface area contributed by atoms with Crippen LogP contribution in [0.3, 0.4) is 0 Å². The zero-order chi connectivity index (χ0) is 13.2. The van der Waals surface area contributed by atoms with Gasteiger partial charge >= 0.3 is 0 Å². The number of benzene rings is 1. The molecule has 1 aromatic carbocycles. The molecular weight excluding hydrogens is 262 g/mol. The summed E-state index contributed by atoms with van der Waals surface area (Å²) < 4.78 is 6.90. The lowest BCUT2D eigenvalue weighted by molar-refractivity contribution is 0.414. The molecule has 5 heteroatoms. The third-order valence-electron chi connectivity index (χ3n) is 2.89. The van der Waals surface area contributed by atoms with Crippen molar-refractivity contribution in [3.05, 3.63) is 59.0 Å². The minimum absolute atomic E-state index is 0.615. The number of fused-ring (bicyclic) bond motifs is 1. The fourth-order valence-corrected chi connectivity index (χ4v) is 2.13. The Kier molecular flexibility index (Phi) is 3.09. The van der Waals surface area contributed by atoms with Gasteiger partial charge in [-0.3, -0.25) is 0 Å². The van der Waals surface area contributed by atoms with Crippen LogP contribution >= 0.6 is 11.6 Å². The van der Waals surface area contributed by atoms with Crippen LogP contribution in [0.2, 0.25) is 5.02 Å². The largest absolute Gasteiger partial charge is 0.497 e. The van der Waals surface area contributed by atoms with Crippen molar-refractivity contribution in [3.8, 4) is 5.75 Å². The second-order valence-electron chi connectivity index (χ2n) is 4.17. The Hall–Kier alpha value is -2.07. The molecule has 0 saturated heterocycles. The van der Waals surface area contributed by atoms with Crippen LogP contribution in [0.1, 0.15) is 11.4 Å². The highest BCUT2D eigenvalue weighted by atomic mass is 35.5. The van der Waals surface area contributed by atoms with Crippen LogP contribution in [0.25, 0.3) is 5.65 Å². The van der Waals surface area contributed by atoms with Gasteiger partial charge in [-0.05, 0) is 17.7 Å². The molecule has 0 N–H and O–H groups in total. The Bertz CT molecular complexity index is 724. The van der Waals surface area contributed by atoms with Crippen LogP contribution in [0.4, 0.5) is 0 Å². The van der Waals surface area contributed by atoms with Crippen molar-refractivity contribution in [1.29, 1.82) is 0 Å². The number of nitrogens with zero attached hydrogens (tertiary/aromatic N) is 3. The van der Waals surface area contributed by atoms with Gasteiger partial charge in [0.15, 0.2) is 11.5 Å². The molecule has 0 radical (unpaired) electrons. The van der Waals surface area contributed by atoms with E-state index in [0.717, 1.165) is 27.8 Å². The molecule has 3 rings (SSSR count). The van der Waals surface area contributed by atoms with Gasteiger partial charge < -0.3 is 4.74 Å². The van der Waals surface area contributed by atoms with E-state index in [1.54, 1.807) is 11.6 Å². The molecule has 3 aromatic rings. The van der Waals surface area contributed by atoms with Gasteiger partial charge in [-0.15, -0.1) is 0 Å². The van der Waals surface area contributed by atoms with E-state index in [-0.39, 0.29) is 0 Å². The molecule has 19 heavy (non-hydrogen) atoms. The van der Waals surface area contributed by atoms with Gasteiger partial charge in [0.2, 0.25) is 0 Å². The lowest BCUT2D eigenvalue weighted by Crippen LogP contribution is -1.92. The van der Waals surface area contributed by atoms with Crippen molar-refractivity contribution in [3.63, 3.8) is 0 Å². The summed E-state index contributed by atoms with van der Waals surface area (Å²) in [5.74, 6) is 1.51. The number of rotatable bonds is 3. The van der Waals surface area contributed by atoms with Gasteiger partial charge in [-0.2, -0.15) is 5.10 Å². The van der Waals surface area contributed by atoms with Gasteiger partial charge in [0, 0.05) is 23.7 Å². The Labute approximate surface area is 115 Å². The van der Waals surface area contributed by atoms with Gasteiger partial charge in [0.1, 0.15) is 5.75 Å². The topological polar surface area (TPSA) is 39.4 Å². The van der Waals surface area contributed by atoms with Crippen molar-refractivity contribution in [2.45, 2.75) is 6.42 Å². The van der Waals surface area contributed by atoms with Crippen LogP contribution in [-0.4, -0.2) is 21.7 Å². The molecule has 0 spiro atoms. The van der Waals surface area contributed by atoms with Crippen molar-refractivity contribution in [1.82, 2.24) is 14.6 Å².